The Morgan fingerprint density at radius 2 is 1.43 bits per heavy atom. The summed E-state index contributed by atoms with van der Waals surface area (Å²) in [4.78, 5) is -0.628. The standard InChI is InChI=1S/C19H15Cl2FN2O4S2/c1-12-6-8-14(23-30(27,28)19-10-13(22)7-9-16(19)21)11-18(12)29(25,26)24-17-5-3-2-4-15(17)20/h2-11,23-24H,1H3. The van der Waals surface area contributed by atoms with E-state index in [2.05, 4.69) is 9.44 Å². The van der Waals surface area contributed by atoms with Crippen molar-refractivity contribution in [1.29, 1.82) is 0 Å². The Morgan fingerprint density at radius 3 is 2.13 bits per heavy atom. The maximum Gasteiger partial charge on any atom is 0.263 e. The summed E-state index contributed by atoms with van der Waals surface area (Å²) in [6.45, 7) is 1.56. The third-order valence-corrected chi connectivity index (χ3v) is 7.73. The van der Waals surface area contributed by atoms with Gasteiger partial charge in [-0.15, -0.1) is 0 Å². The molecule has 0 spiro atoms. The smallest absolute Gasteiger partial charge is 0.263 e. The van der Waals surface area contributed by atoms with Crippen LogP contribution in [0.15, 0.2) is 70.5 Å². The van der Waals surface area contributed by atoms with Gasteiger partial charge in [-0.25, -0.2) is 21.2 Å². The van der Waals surface area contributed by atoms with Gasteiger partial charge in [-0.2, -0.15) is 0 Å². The van der Waals surface area contributed by atoms with Crippen molar-refractivity contribution in [2.24, 2.45) is 0 Å². The molecule has 0 bridgehead atoms. The molecule has 0 unspecified atom stereocenters. The van der Waals surface area contributed by atoms with Crippen LogP contribution in [0.1, 0.15) is 5.56 Å². The Kier molecular flexibility index (Phi) is 6.28. The highest BCUT2D eigenvalue weighted by molar-refractivity contribution is 7.93. The minimum Gasteiger partial charge on any atom is -0.280 e. The van der Waals surface area contributed by atoms with Gasteiger partial charge in [0.2, 0.25) is 0 Å². The molecule has 0 aliphatic carbocycles. The number of para-hydroxylation sites is 1. The lowest BCUT2D eigenvalue weighted by Gasteiger charge is -2.14. The molecule has 158 valence electrons. The SMILES string of the molecule is Cc1ccc(NS(=O)(=O)c2cc(F)ccc2Cl)cc1S(=O)(=O)Nc1ccccc1Cl. The van der Waals surface area contributed by atoms with Crippen LogP contribution in [0.3, 0.4) is 0 Å². The van der Waals surface area contributed by atoms with Crippen LogP contribution in [0.2, 0.25) is 10.0 Å². The molecule has 0 aromatic heterocycles. The van der Waals surface area contributed by atoms with Crippen molar-refractivity contribution in [3.63, 3.8) is 0 Å². The van der Waals surface area contributed by atoms with Crippen LogP contribution in [0.25, 0.3) is 0 Å². The van der Waals surface area contributed by atoms with E-state index in [1.807, 2.05) is 0 Å². The maximum atomic E-state index is 13.5. The van der Waals surface area contributed by atoms with E-state index >= 15 is 0 Å². The minimum absolute atomic E-state index is 0.0412. The van der Waals surface area contributed by atoms with Crippen molar-refractivity contribution < 1.29 is 21.2 Å². The Labute approximate surface area is 183 Å². The zero-order chi connectivity index (χ0) is 22.1. The largest absolute Gasteiger partial charge is 0.280 e. The fourth-order valence-corrected chi connectivity index (χ4v) is 5.74. The summed E-state index contributed by atoms with van der Waals surface area (Å²) in [5.41, 5.74) is 0.512. The van der Waals surface area contributed by atoms with E-state index in [-0.39, 0.29) is 26.3 Å². The quantitative estimate of drug-likeness (QED) is 0.508. The number of halogens is 3. The zero-order valence-electron chi connectivity index (χ0n) is 15.4. The van der Waals surface area contributed by atoms with Gasteiger partial charge in [0.05, 0.1) is 26.3 Å². The lowest BCUT2D eigenvalue weighted by Crippen LogP contribution is -2.17. The van der Waals surface area contributed by atoms with Crippen LogP contribution in [0.5, 0.6) is 0 Å². The van der Waals surface area contributed by atoms with E-state index in [0.29, 0.717) is 5.56 Å². The van der Waals surface area contributed by atoms with E-state index in [9.17, 15) is 21.2 Å². The van der Waals surface area contributed by atoms with Gasteiger partial charge in [-0.3, -0.25) is 9.44 Å². The van der Waals surface area contributed by atoms with Gasteiger partial charge in [-0.1, -0.05) is 41.4 Å². The van der Waals surface area contributed by atoms with Crippen LogP contribution in [0, 0.1) is 12.7 Å². The third-order valence-electron chi connectivity index (χ3n) is 4.03. The average Bonchev–Trinajstić information content (AvgIpc) is 2.66. The summed E-state index contributed by atoms with van der Waals surface area (Å²) >= 11 is 11.9. The van der Waals surface area contributed by atoms with Crippen molar-refractivity contribution in [3.8, 4) is 0 Å². The van der Waals surface area contributed by atoms with Gasteiger partial charge in [-0.05, 0) is 55.0 Å². The molecule has 11 heteroatoms. The highest BCUT2D eigenvalue weighted by Crippen LogP contribution is 2.29. The van der Waals surface area contributed by atoms with Crippen LogP contribution in [0.4, 0.5) is 15.8 Å². The number of benzene rings is 3. The van der Waals surface area contributed by atoms with Crippen molar-refractivity contribution in [3.05, 3.63) is 82.1 Å². The zero-order valence-corrected chi connectivity index (χ0v) is 18.5. The number of aryl methyl sites for hydroxylation is 1. The first-order valence-electron chi connectivity index (χ1n) is 8.35. The van der Waals surface area contributed by atoms with E-state index < -0.39 is 30.8 Å². The molecule has 0 saturated carbocycles. The van der Waals surface area contributed by atoms with E-state index in [1.54, 1.807) is 19.1 Å². The fourth-order valence-electron chi connectivity index (χ4n) is 2.59. The summed E-state index contributed by atoms with van der Waals surface area (Å²) in [7, 11) is -8.34. The number of rotatable bonds is 6. The fraction of sp³-hybridized carbons (Fsp3) is 0.0526. The summed E-state index contributed by atoms with van der Waals surface area (Å²) in [6, 6.07) is 13.2. The van der Waals surface area contributed by atoms with Crippen LogP contribution >= 0.6 is 23.2 Å². The van der Waals surface area contributed by atoms with Gasteiger partial charge in [0, 0.05) is 0 Å². The first-order chi connectivity index (χ1) is 14.0. The maximum absolute atomic E-state index is 13.5. The number of hydrogen-bond acceptors (Lipinski definition) is 4. The monoisotopic (exact) mass is 488 g/mol. The molecule has 0 amide bonds. The minimum atomic E-state index is -4.27. The Bertz CT molecular complexity index is 1330. The second-order valence-electron chi connectivity index (χ2n) is 6.25. The van der Waals surface area contributed by atoms with E-state index in [1.165, 1.54) is 24.3 Å². The molecule has 0 aliphatic heterocycles. The van der Waals surface area contributed by atoms with E-state index in [0.717, 1.165) is 24.3 Å². The first-order valence-corrected chi connectivity index (χ1v) is 12.1. The van der Waals surface area contributed by atoms with Crippen molar-refractivity contribution >= 4 is 54.6 Å². The molecule has 0 radical (unpaired) electrons. The first kappa shape index (κ1) is 22.4. The van der Waals surface area contributed by atoms with Crippen LogP contribution in [-0.2, 0) is 20.0 Å². The molecule has 0 atom stereocenters. The number of anilines is 2. The van der Waals surface area contributed by atoms with Gasteiger partial charge < -0.3 is 0 Å². The molecule has 3 rings (SSSR count). The topological polar surface area (TPSA) is 92.3 Å². The molecule has 3 aromatic carbocycles. The lowest BCUT2D eigenvalue weighted by atomic mass is 10.2. The lowest BCUT2D eigenvalue weighted by molar-refractivity contribution is 0.594. The summed E-state index contributed by atoms with van der Waals surface area (Å²) in [6.07, 6.45) is 0. The number of hydrogen-bond donors (Lipinski definition) is 2. The second kappa shape index (κ2) is 8.43. The van der Waals surface area contributed by atoms with Crippen LogP contribution < -0.4 is 9.44 Å². The Morgan fingerprint density at radius 1 is 0.767 bits per heavy atom. The molecule has 0 saturated heterocycles. The number of sulfonamides is 2. The molecular weight excluding hydrogens is 474 g/mol. The molecule has 6 nitrogen and oxygen atoms in total. The predicted octanol–water partition coefficient (Wildman–Crippen LogP) is 5.04. The van der Waals surface area contributed by atoms with Crippen molar-refractivity contribution in [2.45, 2.75) is 16.7 Å². The summed E-state index contributed by atoms with van der Waals surface area (Å²) in [5.74, 6) is -0.782. The summed E-state index contributed by atoms with van der Waals surface area (Å²) in [5, 5.41) is 0.0283. The molecule has 0 heterocycles. The van der Waals surface area contributed by atoms with E-state index in [4.69, 9.17) is 23.2 Å². The third kappa shape index (κ3) is 4.86. The van der Waals surface area contributed by atoms with Gasteiger partial charge in [0.25, 0.3) is 20.0 Å². The molecule has 30 heavy (non-hydrogen) atoms. The molecular formula is C19H15Cl2FN2O4S2. The van der Waals surface area contributed by atoms with Gasteiger partial charge in [0.1, 0.15) is 10.7 Å². The molecule has 3 aromatic rings. The molecule has 2 N–H and O–H groups in total. The van der Waals surface area contributed by atoms with Crippen LogP contribution in [-0.4, -0.2) is 16.8 Å². The average molecular weight is 489 g/mol. The molecule has 0 aliphatic rings. The Balaban J connectivity index is 1.97. The second-order valence-corrected chi connectivity index (χ2v) is 10.4. The van der Waals surface area contributed by atoms with Gasteiger partial charge >= 0.3 is 0 Å². The van der Waals surface area contributed by atoms with Crippen molar-refractivity contribution in [1.82, 2.24) is 0 Å². The highest BCUT2D eigenvalue weighted by Gasteiger charge is 2.22. The number of nitrogens with one attached hydrogen (secondary N) is 2. The Hall–Kier alpha value is -2.33. The predicted molar refractivity (Wildman–Crippen MR) is 116 cm³/mol. The molecule has 0 fully saturated rings. The normalized spacial score (nSPS) is 11.9. The van der Waals surface area contributed by atoms with Crippen molar-refractivity contribution in [2.75, 3.05) is 9.44 Å². The van der Waals surface area contributed by atoms with Gasteiger partial charge in [0.15, 0.2) is 0 Å². The highest BCUT2D eigenvalue weighted by atomic mass is 35.5. The summed E-state index contributed by atoms with van der Waals surface area (Å²) < 4.78 is 69.0.